The Morgan fingerprint density at radius 1 is 1.23 bits per heavy atom. The molecule has 2 aromatic carbocycles. The summed E-state index contributed by atoms with van der Waals surface area (Å²) in [4.78, 5) is 31.9. The van der Waals surface area contributed by atoms with Crippen LogP contribution in [0.25, 0.3) is 10.9 Å². The minimum atomic E-state index is -0.302. The van der Waals surface area contributed by atoms with Crippen LogP contribution in [-0.2, 0) is 7.05 Å². The zero-order valence-corrected chi connectivity index (χ0v) is 16.5. The maximum atomic E-state index is 12.9. The second kappa shape index (κ2) is 7.41. The van der Waals surface area contributed by atoms with Crippen molar-refractivity contribution in [3.05, 3.63) is 74.7 Å². The van der Waals surface area contributed by atoms with Crippen LogP contribution in [0.5, 0.6) is 0 Å². The van der Waals surface area contributed by atoms with Crippen molar-refractivity contribution in [3.63, 3.8) is 0 Å². The minimum Gasteiger partial charge on any atom is -0.332 e. The number of carbonyl (C=O) groups is 1. The van der Waals surface area contributed by atoms with Gasteiger partial charge in [-0.2, -0.15) is 0 Å². The summed E-state index contributed by atoms with van der Waals surface area (Å²) in [5.74, 6) is 0.475. The van der Waals surface area contributed by atoms with Crippen LogP contribution >= 0.6 is 15.9 Å². The topological polar surface area (TPSA) is 55.2 Å². The Labute approximate surface area is 160 Å². The molecule has 1 amide bonds. The van der Waals surface area contributed by atoms with Crippen molar-refractivity contribution < 1.29 is 4.79 Å². The second-order valence-corrected chi connectivity index (χ2v) is 7.12. The Morgan fingerprint density at radius 2 is 1.96 bits per heavy atom. The third-order valence-electron chi connectivity index (χ3n) is 4.56. The summed E-state index contributed by atoms with van der Waals surface area (Å²) in [5, 5.41) is 0.578. The van der Waals surface area contributed by atoms with E-state index in [0.29, 0.717) is 28.7 Å². The molecule has 1 heterocycles. The number of rotatable bonds is 4. The molecule has 1 atom stereocenters. The fourth-order valence-corrected chi connectivity index (χ4v) is 3.53. The van der Waals surface area contributed by atoms with Crippen molar-refractivity contribution in [2.75, 3.05) is 7.05 Å². The highest BCUT2D eigenvalue weighted by molar-refractivity contribution is 9.10. The lowest BCUT2D eigenvalue weighted by Gasteiger charge is -2.28. The van der Waals surface area contributed by atoms with Crippen molar-refractivity contribution in [1.82, 2.24) is 14.5 Å². The van der Waals surface area contributed by atoms with Crippen LogP contribution < -0.4 is 5.56 Å². The quantitative estimate of drug-likeness (QED) is 0.651. The molecule has 3 rings (SSSR count). The highest BCUT2D eigenvalue weighted by atomic mass is 79.9. The fraction of sp³-hybridized carbons (Fsp3) is 0.250. The average Bonchev–Trinajstić information content (AvgIpc) is 2.65. The smallest absolute Gasteiger partial charge is 0.261 e. The first-order valence-electron chi connectivity index (χ1n) is 8.42. The van der Waals surface area contributed by atoms with Gasteiger partial charge in [-0.1, -0.05) is 41.1 Å². The number of hydrogen-bond acceptors (Lipinski definition) is 3. The number of hydrogen-bond donors (Lipinski definition) is 0. The number of carbonyl (C=O) groups excluding carboxylic acids is 1. The van der Waals surface area contributed by atoms with Crippen LogP contribution in [0.4, 0.5) is 0 Å². The largest absolute Gasteiger partial charge is 0.332 e. The van der Waals surface area contributed by atoms with E-state index in [1.165, 1.54) is 0 Å². The van der Waals surface area contributed by atoms with E-state index in [-0.39, 0.29) is 17.5 Å². The average molecular weight is 414 g/mol. The van der Waals surface area contributed by atoms with Gasteiger partial charge in [0, 0.05) is 24.1 Å². The monoisotopic (exact) mass is 413 g/mol. The number of nitrogens with zero attached hydrogens (tertiary/aromatic N) is 3. The molecule has 0 bridgehead atoms. The van der Waals surface area contributed by atoms with Crippen molar-refractivity contribution in [2.24, 2.45) is 7.05 Å². The van der Waals surface area contributed by atoms with Crippen LogP contribution in [0, 0.1) is 0 Å². The molecule has 0 spiro atoms. The van der Waals surface area contributed by atoms with Crippen LogP contribution in [0.2, 0.25) is 0 Å². The number of benzene rings is 2. The number of halogens is 1. The highest BCUT2D eigenvalue weighted by Gasteiger charge is 2.25. The van der Waals surface area contributed by atoms with Crippen LogP contribution in [-0.4, -0.2) is 27.4 Å². The molecule has 134 valence electrons. The summed E-state index contributed by atoms with van der Waals surface area (Å²) in [6.07, 6.45) is 0.648. The molecule has 1 unspecified atom stereocenters. The number of amides is 1. The van der Waals surface area contributed by atoms with Gasteiger partial charge in [-0.15, -0.1) is 0 Å². The summed E-state index contributed by atoms with van der Waals surface area (Å²) in [6, 6.07) is 14.2. The molecule has 5 nitrogen and oxygen atoms in total. The van der Waals surface area contributed by atoms with Crippen LogP contribution in [0.1, 0.15) is 35.6 Å². The summed E-state index contributed by atoms with van der Waals surface area (Å²) in [7, 11) is 3.45. The maximum absolute atomic E-state index is 12.9. The van der Waals surface area contributed by atoms with E-state index in [2.05, 4.69) is 20.9 Å². The maximum Gasteiger partial charge on any atom is 0.261 e. The predicted octanol–water partition coefficient (Wildman–Crippen LogP) is 3.92. The lowest BCUT2D eigenvalue weighted by atomic mass is 10.1. The molecular weight excluding hydrogens is 394 g/mol. The Hall–Kier alpha value is -2.47. The lowest BCUT2D eigenvalue weighted by molar-refractivity contribution is 0.0716. The summed E-state index contributed by atoms with van der Waals surface area (Å²) in [5.41, 5.74) is 1.13. The van der Waals surface area contributed by atoms with Gasteiger partial charge in [0.2, 0.25) is 0 Å². The third-order valence-corrected chi connectivity index (χ3v) is 5.06. The Bertz CT molecular complexity index is 1030. The second-order valence-electron chi connectivity index (χ2n) is 6.20. The SMILES string of the molecule is CCC(c1nc2ccccc2c(=O)n1C)N(C)C(=O)c1cccc(Br)c1. The standard InChI is InChI=1S/C20H20BrN3O2/c1-4-17(23(2)19(25)13-8-7-9-14(21)12-13)18-22-16-11-6-5-10-15(16)20(26)24(18)3/h5-12,17H,4H2,1-3H3. The van der Waals surface area contributed by atoms with Gasteiger partial charge in [0.15, 0.2) is 0 Å². The summed E-state index contributed by atoms with van der Waals surface area (Å²) >= 11 is 3.40. The van der Waals surface area contributed by atoms with Gasteiger partial charge in [-0.05, 0) is 36.8 Å². The van der Waals surface area contributed by atoms with Crippen LogP contribution in [0.3, 0.4) is 0 Å². The first-order chi connectivity index (χ1) is 12.4. The first-order valence-corrected chi connectivity index (χ1v) is 9.21. The van der Waals surface area contributed by atoms with Gasteiger partial charge in [0.25, 0.3) is 11.5 Å². The van der Waals surface area contributed by atoms with E-state index in [9.17, 15) is 9.59 Å². The molecule has 0 saturated heterocycles. The van der Waals surface area contributed by atoms with Gasteiger partial charge >= 0.3 is 0 Å². The van der Waals surface area contributed by atoms with Crippen molar-refractivity contribution >= 4 is 32.7 Å². The third kappa shape index (κ3) is 3.29. The normalized spacial score (nSPS) is 12.2. The summed E-state index contributed by atoms with van der Waals surface area (Å²) in [6.45, 7) is 1.98. The van der Waals surface area contributed by atoms with Gasteiger partial charge < -0.3 is 4.90 Å². The van der Waals surface area contributed by atoms with Crippen molar-refractivity contribution in [3.8, 4) is 0 Å². The Morgan fingerprint density at radius 3 is 2.65 bits per heavy atom. The molecule has 0 aliphatic carbocycles. The molecule has 0 radical (unpaired) electrons. The van der Waals surface area contributed by atoms with Gasteiger partial charge in [-0.3, -0.25) is 14.2 Å². The molecule has 0 N–H and O–H groups in total. The van der Waals surface area contributed by atoms with E-state index < -0.39 is 0 Å². The summed E-state index contributed by atoms with van der Waals surface area (Å²) < 4.78 is 2.39. The molecule has 0 aliphatic heterocycles. The van der Waals surface area contributed by atoms with E-state index in [4.69, 9.17) is 0 Å². The molecular formula is C20H20BrN3O2. The molecule has 1 aromatic heterocycles. The predicted molar refractivity (Wildman–Crippen MR) is 106 cm³/mol. The Balaban J connectivity index is 2.06. The lowest BCUT2D eigenvalue weighted by Crippen LogP contribution is -2.35. The van der Waals surface area contributed by atoms with Gasteiger partial charge in [-0.25, -0.2) is 4.98 Å². The number of fused-ring (bicyclic) bond motifs is 1. The van der Waals surface area contributed by atoms with Crippen LogP contribution in [0.15, 0.2) is 57.8 Å². The van der Waals surface area contributed by atoms with E-state index in [1.54, 1.807) is 41.8 Å². The zero-order valence-electron chi connectivity index (χ0n) is 14.9. The molecule has 0 aliphatic rings. The molecule has 26 heavy (non-hydrogen) atoms. The minimum absolute atomic E-state index is 0.104. The zero-order chi connectivity index (χ0) is 18.8. The fourth-order valence-electron chi connectivity index (χ4n) is 3.13. The first kappa shape index (κ1) is 18.3. The molecule has 3 aromatic rings. The molecule has 0 fully saturated rings. The molecule has 0 saturated carbocycles. The molecule has 6 heteroatoms. The van der Waals surface area contributed by atoms with Crippen molar-refractivity contribution in [1.29, 1.82) is 0 Å². The van der Waals surface area contributed by atoms with Crippen molar-refractivity contribution in [2.45, 2.75) is 19.4 Å². The highest BCUT2D eigenvalue weighted by Crippen LogP contribution is 2.24. The van der Waals surface area contributed by atoms with E-state index in [1.807, 2.05) is 37.3 Å². The van der Waals surface area contributed by atoms with Gasteiger partial charge in [0.1, 0.15) is 5.82 Å². The van der Waals surface area contributed by atoms with E-state index in [0.717, 1.165) is 4.47 Å². The Kier molecular flexibility index (Phi) is 5.23. The number of para-hydroxylation sites is 1. The van der Waals surface area contributed by atoms with Gasteiger partial charge in [0.05, 0.1) is 16.9 Å². The van der Waals surface area contributed by atoms with E-state index >= 15 is 0 Å². The number of aromatic nitrogens is 2.